The van der Waals surface area contributed by atoms with Crippen molar-refractivity contribution in [1.82, 2.24) is 4.98 Å². The highest BCUT2D eigenvalue weighted by Crippen LogP contribution is 2.13. The van der Waals surface area contributed by atoms with Crippen molar-refractivity contribution in [1.29, 1.82) is 0 Å². The summed E-state index contributed by atoms with van der Waals surface area (Å²) in [4.78, 5) is 4.00. The van der Waals surface area contributed by atoms with Crippen molar-refractivity contribution in [2.75, 3.05) is 0 Å². The van der Waals surface area contributed by atoms with E-state index in [0.29, 0.717) is 5.88 Å². The van der Waals surface area contributed by atoms with Gasteiger partial charge in [0.1, 0.15) is 5.75 Å². The fraction of sp³-hybridized carbons (Fsp3) is 0.444. The molecule has 0 N–H and O–H groups in total. The molecule has 1 rings (SSSR count). The summed E-state index contributed by atoms with van der Waals surface area (Å²) in [6.45, 7) is 3.96. The molecule has 66 valence electrons. The van der Waals surface area contributed by atoms with E-state index in [2.05, 4.69) is 4.98 Å². The van der Waals surface area contributed by atoms with E-state index in [0.717, 1.165) is 11.3 Å². The number of alkyl halides is 1. The number of hydrogen-bond donors (Lipinski definition) is 0. The lowest BCUT2D eigenvalue weighted by Gasteiger charge is -2.09. The van der Waals surface area contributed by atoms with Gasteiger partial charge in [0.2, 0.25) is 0 Å². The summed E-state index contributed by atoms with van der Waals surface area (Å²) in [5, 5.41) is 0. The smallest absolute Gasteiger partial charge is 0.138 e. The normalized spacial score (nSPS) is 10.3. The SMILES string of the molecule is CC(C)Oc1cncc(CCl)c1. The van der Waals surface area contributed by atoms with Gasteiger partial charge in [-0.05, 0) is 25.5 Å². The lowest BCUT2D eigenvalue weighted by atomic mass is 10.3. The third kappa shape index (κ3) is 2.70. The van der Waals surface area contributed by atoms with Gasteiger partial charge >= 0.3 is 0 Å². The Morgan fingerprint density at radius 2 is 2.25 bits per heavy atom. The van der Waals surface area contributed by atoms with Crippen molar-refractivity contribution in [3.05, 3.63) is 24.0 Å². The van der Waals surface area contributed by atoms with Gasteiger partial charge in [-0.1, -0.05) is 0 Å². The minimum absolute atomic E-state index is 0.178. The van der Waals surface area contributed by atoms with Crippen LogP contribution in [0.1, 0.15) is 19.4 Å². The summed E-state index contributed by atoms with van der Waals surface area (Å²) in [6, 6.07) is 1.90. The van der Waals surface area contributed by atoms with Gasteiger partial charge in [-0.15, -0.1) is 11.6 Å². The molecule has 0 saturated carbocycles. The van der Waals surface area contributed by atoms with Crippen LogP contribution in [0.15, 0.2) is 18.5 Å². The topological polar surface area (TPSA) is 22.1 Å². The summed E-state index contributed by atoms with van der Waals surface area (Å²) < 4.78 is 5.44. The third-order valence-electron chi connectivity index (χ3n) is 1.30. The van der Waals surface area contributed by atoms with Crippen molar-refractivity contribution in [3.8, 4) is 5.75 Å². The first-order valence-corrected chi connectivity index (χ1v) is 4.42. The second-order valence-corrected chi connectivity index (χ2v) is 3.10. The number of ether oxygens (including phenoxy) is 1. The maximum atomic E-state index is 5.64. The number of aromatic nitrogens is 1. The average molecular weight is 186 g/mol. The largest absolute Gasteiger partial charge is 0.489 e. The molecular weight excluding hydrogens is 174 g/mol. The van der Waals surface area contributed by atoms with Crippen LogP contribution in [-0.2, 0) is 5.88 Å². The molecule has 0 spiro atoms. The molecule has 0 fully saturated rings. The van der Waals surface area contributed by atoms with Gasteiger partial charge in [0, 0.05) is 12.1 Å². The molecule has 2 nitrogen and oxygen atoms in total. The van der Waals surface area contributed by atoms with Crippen molar-refractivity contribution in [2.45, 2.75) is 25.8 Å². The lowest BCUT2D eigenvalue weighted by molar-refractivity contribution is 0.241. The van der Waals surface area contributed by atoms with E-state index in [1.54, 1.807) is 12.4 Å². The molecule has 0 bridgehead atoms. The number of pyridine rings is 1. The summed E-state index contributed by atoms with van der Waals surface area (Å²) in [6.07, 6.45) is 3.60. The fourth-order valence-electron chi connectivity index (χ4n) is 0.873. The minimum Gasteiger partial charge on any atom is -0.489 e. The Balaban J connectivity index is 2.72. The van der Waals surface area contributed by atoms with Gasteiger partial charge in [0.05, 0.1) is 12.3 Å². The maximum absolute atomic E-state index is 5.64. The highest BCUT2D eigenvalue weighted by atomic mass is 35.5. The van der Waals surface area contributed by atoms with Gasteiger partial charge in [-0.3, -0.25) is 4.98 Å². The average Bonchev–Trinajstić information content (AvgIpc) is 2.03. The van der Waals surface area contributed by atoms with Crippen LogP contribution in [-0.4, -0.2) is 11.1 Å². The van der Waals surface area contributed by atoms with Crippen molar-refractivity contribution in [3.63, 3.8) is 0 Å². The van der Waals surface area contributed by atoms with Gasteiger partial charge in [0.25, 0.3) is 0 Å². The van der Waals surface area contributed by atoms with Crippen LogP contribution < -0.4 is 4.74 Å². The minimum atomic E-state index is 0.178. The third-order valence-corrected chi connectivity index (χ3v) is 1.60. The Labute approximate surface area is 77.5 Å². The van der Waals surface area contributed by atoms with Gasteiger partial charge in [-0.25, -0.2) is 0 Å². The van der Waals surface area contributed by atoms with E-state index in [4.69, 9.17) is 16.3 Å². The van der Waals surface area contributed by atoms with E-state index in [1.807, 2.05) is 19.9 Å². The molecule has 0 aliphatic heterocycles. The van der Waals surface area contributed by atoms with Crippen LogP contribution in [0, 0.1) is 0 Å². The monoisotopic (exact) mass is 185 g/mol. The van der Waals surface area contributed by atoms with E-state index < -0.39 is 0 Å². The standard InChI is InChI=1S/C9H12ClNO/c1-7(2)12-9-3-8(4-10)5-11-6-9/h3,5-7H,4H2,1-2H3. The Morgan fingerprint density at radius 1 is 1.50 bits per heavy atom. The molecule has 1 aromatic rings. The molecular formula is C9H12ClNO. The number of rotatable bonds is 3. The van der Waals surface area contributed by atoms with Gasteiger partial charge in [0.15, 0.2) is 0 Å². The summed E-state index contributed by atoms with van der Waals surface area (Å²) in [7, 11) is 0. The van der Waals surface area contributed by atoms with E-state index in [-0.39, 0.29) is 6.10 Å². The van der Waals surface area contributed by atoms with E-state index >= 15 is 0 Å². The van der Waals surface area contributed by atoms with Crippen molar-refractivity contribution >= 4 is 11.6 Å². The zero-order valence-electron chi connectivity index (χ0n) is 7.25. The molecule has 0 unspecified atom stereocenters. The quantitative estimate of drug-likeness (QED) is 0.676. The number of halogens is 1. The molecule has 0 amide bonds. The van der Waals surface area contributed by atoms with E-state index in [9.17, 15) is 0 Å². The lowest BCUT2D eigenvalue weighted by Crippen LogP contribution is -2.05. The predicted molar refractivity (Wildman–Crippen MR) is 49.6 cm³/mol. The van der Waals surface area contributed by atoms with Crippen LogP contribution in [0.25, 0.3) is 0 Å². The fourth-order valence-corrected chi connectivity index (χ4v) is 1.02. The van der Waals surface area contributed by atoms with Crippen LogP contribution >= 0.6 is 11.6 Å². The molecule has 0 radical (unpaired) electrons. The van der Waals surface area contributed by atoms with Crippen LogP contribution in [0.4, 0.5) is 0 Å². The van der Waals surface area contributed by atoms with Crippen LogP contribution in [0.2, 0.25) is 0 Å². The number of nitrogens with zero attached hydrogens (tertiary/aromatic N) is 1. The summed E-state index contributed by atoms with van der Waals surface area (Å²) >= 11 is 5.64. The predicted octanol–water partition coefficient (Wildman–Crippen LogP) is 2.61. The van der Waals surface area contributed by atoms with Gasteiger partial charge in [-0.2, -0.15) is 0 Å². The molecule has 0 aliphatic carbocycles. The van der Waals surface area contributed by atoms with Crippen molar-refractivity contribution < 1.29 is 4.74 Å². The maximum Gasteiger partial charge on any atom is 0.138 e. The van der Waals surface area contributed by atoms with Crippen LogP contribution in [0.3, 0.4) is 0 Å². The molecule has 0 aromatic carbocycles. The first-order valence-electron chi connectivity index (χ1n) is 3.89. The molecule has 0 aliphatic rings. The van der Waals surface area contributed by atoms with Crippen LogP contribution in [0.5, 0.6) is 5.75 Å². The Morgan fingerprint density at radius 3 is 2.83 bits per heavy atom. The zero-order valence-corrected chi connectivity index (χ0v) is 8.01. The Hall–Kier alpha value is -0.760. The first kappa shape index (κ1) is 9.33. The number of hydrogen-bond acceptors (Lipinski definition) is 2. The van der Waals surface area contributed by atoms with E-state index in [1.165, 1.54) is 0 Å². The van der Waals surface area contributed by atoms with Gasteiger partial charge < -0.3 is 4.74 Å². The molecule has 3 heteroatoms. The van der Waals surface area contributed by atoms with Crippen molar-refractivity contribution in [2.24, 2.45) is 0 Å². The summed E-state index contributed by atoms with van der Waals surface area (Å²) in [5.41, 5.74) is 0.981. The molecule has 1 aromatic heterocycles. The molecule has 0 saturated heterocycles. The molecule has 12 heavy (non-hydrogen) atoms. The Kier molecular flexibility index (Phi) is 3.35. The molecule has 0 atom stereocenters. The highest BCUT2D eigenvalue weighted by Gasteiger charge is 1.98. The first-order chi connectivity index (χ1) is 5.72. The Bertz CT molecular complexity index is 250. The second-order valence-electron chi connectivity index (χ2n) is 2.83. The zero-order chi connectivity index (χ0) is 8.97. The second kappa shape index (κ2) is 4.31. The summed E-state index contributed by atoms with van der Waals surface area (Å²) in [5.74, 6) is 1.26. The highest BCUT2D eigenvalue weighted by molar-refractivity contribution is 6.17. The molecule has 1 heterocycles.